The van der Waals surface area contributed by atoms with Gasteiger partial charge in [-0.15, -0.1) is 24.0 Å². The van der Waals surface area contributed by atoms with Gasteiger partial charge in [-0.25, -0.2) is 0 Å². The Hall–Kier alpha value is -0.860. The van der Waals surface area contributed by atoms with Gasteiger partial charge in [0.25, 0.3) is 0 Å². The number of nitrogens with one attached hydrogen (secondary N) is 2. The molecule has 1 saturated heterocycles. The summed E-state index contributed by atoms with van der Waals surface area (Å²) in [4.78, 5) is 7.06. The van der Waals surface area contributed by atoms with Gasteiger partial charge in [-0.3, -0.25) is 4.99 Å². The van der Waals surface area contributed by atoms with Crippen LogP contribution in [-0.4, -0.2) is 56.7 Å². The fourth-order valence-electron chi connectivity index (χ4n) is 4.39. The van der Waals surface area contributed by atoms with Crippen LogP contribution < -0.4 is 10.6 Å². The average molecular weight is 514 g/mol. The molecule has 0 aromatic heterocycles. The molecule has 0 atom stereocenters. The molecule has 1 aromatic carbocycles. The second-order valence-corrected chi connectivity index (χ2v) is 8.26. The molecule has 1 heterocycles. The Bertz CT molecular complexity index is 570. The molecule has 2 N–H and O–H groups in total. The number of rotatable bonds is 8. The molecule has 2 fully saturated rings. The monoisotopic (exact) mass is 514 g/mol. The molecule has 6 heteroatoms. The SMILES string of the molecule is CN=C(NCCOCc1ccccc1)NC1CCN(CC2CCCCC2)CC1.I. The van der Waals surface area contributed by atoms with Crippen LogP contribution >= 0.6 is 24.0 Å². The first kappa shape index (κ1) is 24.4. The van der Waals surface area contributed by atoms with Crippen molar-refractivity contribution >= 4 is 29.9 Å². The Kier molecular flexibility index (Phi) is 12.0. The summed E-state index contributed by atoms with van der Waals surface area (Å²) in [6, 6.07) is 10.8. The van der Waals surface area contributed by atoms with Gasteiger partial charge in [-0.1, -0.05) is 49.6 Å². The van der Waals surface area contributed by atoms with E-state index in [1.54, 1.807) is 0 Å². The molecular weight excluding hydrogens is 475 g/mol. The van der Waals surface area contributed by atoms with Gasteiger partial charge in [0, 0.05) is 39.3 Å². The number of ether oxygens (including phenoxy) is 1. The normalized spacial score (nSPS) is 19.6. The van der Waals surface area contributed by atoms with Gasteiger partial charge in [0.2, 0.25) is 0 Å². The van der Waals surface area contributed by atoms with E-state index in [0.717, 1.165) is 18.4 Å². The molecule has 164 valence electrons. The van der Waals surface area contributed by atoms with E-state index < -0.39 is 0 Å². The predicted octanol–water partition coefficient (Wildman–Crippen LogP) is 4.03. The third kappa shape index (κ3) is 9.22. The number of guanidine groups is 1. The highest BCUT2D eigenvalue weighted by atomic mass is 127. The van der Waals surface area contributed by atoms with Gasteiger partial charge in [0.05, 0.1) is 13.2 Å². The number of aliphatic imine (C=N–C) groups is 1. The Morgan fingerprint density at radius 2 is 1.79 bits per heavy atom. The lowest BCUT2D eigenvalue weighted by Crippen LogP contribution is -2.49. The van der Waals surface area contributed by atoms with Crippen LogP contribution in [0.3, 0.4) is 0 Å². The third-order valence-corrected chi connectivity index (χ3v) is 6.04. The highest BCUT2D eigenvalue weighted by Crippen LogP contribution is 2.25. The summed E-state index contributed by atoms with van der Waals surface area (Å²) < 4.78 is 5.74. The minimum absolute atomic E-state index is 0. The summed E-state index contributed by atoms with van der Waals surface area (Å²) in [6.45, 7) is 5.85. The fourth-order valence-corrected chi connectivity index (χ4v) is 4.39. The van der Waals surface area contributed by atoms with Crippen LogP contribution in [0.15, 0.2) is 35.3 Å². The van der Waals surface area contributed by atoms with E-state index in [-0.39, 0.29) is 24.0 Å². The molecule has 5 nitrogen and oxygen atoms in total. The number of piperidine rings is 1. The summed E-state index contributed by atoms with van der Waals surface area (Å²) in [7, 11) is 1.85. The highest BCUT2D eigenvalue weighted by molar-refractivity contribution is 14.0. The number of hydrogen-bond acceptors (Lipinski definition) is 3. The van der Waals surface area contributed by atoms with Crippen molar-refractivity contribution in [1.29, 1.82) is 0 Å². The van der Waals surface area contributed by atoms with Crippen LogP contribution in [0.2, 0.25) is 0 Å². The summed E-state index contributed by atoms with van der Waals surface area (Å²) >= 11 is 0. The van der Waals surface area contributed by atoms with Crippen molar-refractivity contribution in [3.8, 4) is 0 Å². The van der Waals surface area contributed by atoms with Crippen molar-refractivity contribution in [3.05, 3.63) is 35.9 Å². The molecule has 0 bridgehead atoms. The number of nitrogens with zero attached hydrogens (tertiary/aromatic N) is 2. The van der Waals surface area contributed by atoms with E-state index in [1.807, 2.05) is 25.2 Å². The molecule has 2 aliphatic rings. The largest absolute Gasteiger partial charge is 0.375 e. The maximum Gasteiger partial charge on any atom is 0.191 e. The van der Waals surface area contributed by atoms with E-state index >= 15 is 0 Å². The van der Waals surface area contributed by atoms with Crippen LogP contribution in [0.25, 0.3) is 0 Å². The van der Waals surface area contributed by atoms with E-state index in [4.69, 9.17) is 4.74 Å². The van der Waals surface area contributed by atoms with E-state index in [9.17, 15) is 0 Å². The Morgan fingerprint density at radius 3 is 2.48 bits per heavy atom. The first-order valence-electron chi connectivity index (χ1n) is 11.1. The third-order valence-electron chi connectivity index (χ3n) is 6.04. The molecule has 1 aliphatic carbocycles. The number of hydrogen-bond donors (Lipinski definition) is 2. The van der Waals surface area contributed by atoms with Crippen molar-refractivity contribution in [2.75, 3.05) is 39.8 Å². The number of benzene rings is 1. The zero-order valence-electron chi connectivity index (χ0n) is 17.9. The van der Waals surface area contributed by atoms with E-state index in [1.165, 1.54) is 70.1 Å². The van der Waals surface area contributed by atoms with Gasteiger partial charge in [0.15, 0.2) is 5.96 Å². The van der Waals surface area contributed by atoms with Gasteiger partial charge in [-0.2, -0.15) is 0 Å². The summed E-state index contributed by atoms with van der Waals surface area (Å²) in [5.74, 6) is 1.85. The molecule has 1 saturated carbocycles. The van der Waals surface area contributed by atoms with Crippen molar-refractivity contribution in [3.63, 3.8) is 0 Å². The Balaban J connectivity index is 0.00000300. The van der Waals surface area contributed by atoms with Gasteiger partial charge in [-0.05, 0) is 37.2 Å². The van der Waals surface area contributed by atoms with Crippen LogP contribution in [0.1, 0.15) is 50.5 Å². The van der Waals surface area contributed by atoms with E-state index in [2.05, 4.69) is 32.7 Å². The molecule has 1 aromatic rings. The Labute approximate surface area is 194 Å². The topological polar surface area (TPSA) is 48.9 Å². The van der Waals surface area contributed by atoms with Crippen molar-refractivity contribution in [2.45, 2.75) is 57.6 Å². The maximum atomic E-state index is 5.74. The molecular formula is C23H39IN4O. The minimum Gasteiger partial charge on any atom is -0.375 e. The lowest BCUT2D eigenvalue weighted by atomic mass is 9.88. The minimum atomic E-state index is 0. The lowest BCUT2D eigenvalue weighted by molar-refractivity contribution is 0.125. The quantitative estimate of drug-likeness (QED) is 0.238. The predicted molar refractivity (Wildman–Crippen MR) is 132 cm³/mol. The molecule has 0 spiro atoms. The molecule has 29 heavy (non-hydrogen) atoms. The molecule has 0 radical (unpaired) electrons. The second-order valence-electron chi connectivity index (χ2n) is 8.26. The van der Waals surface area contributed by atoms with Crippen LogP contribution in [0.4, 0.5) is 0 Å². The lowest BCUT2D eigenvalue weighted by Gasteiger charge is -2.36. The first-order chi connectivity index (χ1) is 13.8. The van der Waals surface area contributed by atoms with E-state index in [0.29, 0.717) is 19.3 Å². The highest BCUT2D eigenvalue weighted by Gasteiger charge is 2.23. The standard InChI is InChI=1S/C23H38N4O.HI/c1-24-23(25-14-17-28-19-21-10-6-3-7-11-21)26-22-12-15-27(16-13-22)18-20-8-4-2-5-9-20;/h3,6-7,10-11,20,22H,2,4-5,8-9,12-19H2,1H3,(H2,24,25,26);1H. The molecule has 0 amide bonds. The van der Waals surface area contributed by atoms with Gasteiger partial charge < -0.3 is 20.3 Å². The van der Waals surface area contributed by atoms with Gasteiger partial charge in [0.1, 0.15) is 0 Å². The van der Waals surface area contributed by atoms with Crippen molar-refractivity contribution < 1.29 is 4.74 Å². The smallest absolute Gasteiger partial charge is 0.191 e. The van der Waals surface area contributed by atoms with Crippen molar-refractivity contribution in [2.24, 2.45) is 10.9 Å². The summed E-state index contributed by atoms with van der Waals surface area (Å²) in [6.07, 6.45) is 9.64. The zero-order chi connectivity index (χ0) is 19.4. The Morgan fingerprint density at radius 1 is 1.07 bits per heavy atom. The molecule has 1 aliphatic heterocycles. The summed E-state index contributed by atoms with van der Waals surface area (Å²) in [5.41, 5.74) is 1.21. The fraction of sp³-hybridized carbons (Fsp3) is 0.696. The number of likely N-dealkylation sites (tertiary alicyclic amines) is 1. The second kappa shape index (κ2) is 14.2. The first-order valence-corrected chi connectivity index (χ1v) is 11.1. The number of halogens is 1. The molecule has 0 unspecified atom stereocenters. The van der Waals surface area contributed by atoms with Crippen LogP contribution in [0, 0.1) is 5.92 Å². The van der Waals surface area contributed by atoms with Crippen LogP contribution in [-0.2, 0) is 11.3 Å². The maximum absolute atomic E-state index is 5.74. The summed E-state index contributed by atoms with van der Waals surface area (Å²) in [5, 5.41) is 6.98. The van der Waals surface area contributed by atoms with Crippen molar-refractivity contribution in [1.82, 2.24) is 15.5 Å². The zero-order valence-corrected chi connectivity index (χ0v) is 20.3. The average Bonchev–Trinajstić information content (AvgIpc) is 2.75. The van der Waals surface area contributed by atoms with Crippen LogP contribution in [0.5, 0.6) is 0 Å². The molecule has 3 rings (SSSR count). The van der Waals surface area contributed by atoms with Gasteiger partial charge >= 0.3 is 0 Å².